The Bertz CT molecular complexity index is 390. The second-order valence-electron chi connectivity index (χ2n) is 5.09. The number of benzene rings is 1. The van der Waals surface area contributed by atoms with Crippen molar-refractivity contribution < 1.29 is 14.6 Å². The van der Waals surface area contributed by atoms with Gasteiger partial charge in [0.15, 0.2) is 11.5 Å². The molecule has 19 heavy (non-hydrogen) atoms. The van der Waals surface area contributed by atoms with Gasteiger partial charge in [0.1, 0.15) is 13.2 Å². The van der Waals surface area contributed by atoms with Crippen molar-refractivity contribution in [1.29, 1.82) is 0 Å². The predicted octanol–water partition coefficient (Wildman–Crippen LogP) is 3.85. The Morgan fingerprint density at radius 3 is 2.74 bits per heavy atom. The third kappa shape index (κ3) is 3.87. The van der Waals surface area contributed by atoms with Gasteiger partial charge in [0, 0.05) is 5.56 Å². The van der Waals surface area contributed by atoms with E-state index < -0.39 is 6.10 Å². The van der Waals surface area contributed by atoms with Crippen molar-refractivity contribution in [2.45, 2.75) is 51.6 Å². The molecule has 0 radical (unpaired) electrons. The number of rotatable bonds is 7. The van der Waals surface area contributed by atoms with Crippen LogP contribution in [0.1, 0.15) is 57.1 Å². The van der Waals surface area contributed by atoms with E-state index in [-0.39, 0.29) is 0 Å². The van der Waals surface area contributed by atoms with Crippen LogP contribution in [0.25, 0.3) is 0 Å². The van der Waals surface area contributed by atoms with Gasteiger partial charge in [-0.3, -0.25) is 0 Å². The fourth-order valence-electron chi connectivity index (χ4n) is 2.46. The fourth-order valence-corrected chi connectivity index (χ4v) is 2.46. The lowest BCUT2D eigenvalue weighted by atomic mass is 10.0. The van der Waals surface area contributed by atoms with Crippen LogP contribution < -0.4 is 9.47 Å². The molecule has 106 valence electrons. The molecule has 2 rings (SSSR count). The number of hydrogen-bond acceptors (Lipinski definition) is 3. The van der Waals surface area contributed by atoms with E-state index in [2.05, 4.69) is 6.92 Å². The van der Waals surface area contributed by atoms with E-state index in [0.717, 1.165) is 29.9 Å². The Morgan fingerprint density at radius 2 is 1.89 bits per heavy atom. The highest BCUT2D eigenvalue weighted by Crippen LogP contribution is 2.38. The van der Waals surface area contributed by atoms with Crippen molar-refractivity contribution in [3.63, 3.8) is 0 Å². The summed E-state index contributed by atoms with van der Waals surface area (Å²) in [5, 5.41) is 10.3. The summed E-state index contributed by atoms with van der Waals surface area (Å²) in [6.07, 6.45) is 6.40. The van der Waals surface area contributed by atoms with E-state index >= 15 is 0 Å². The van der Waals surface area contributed by atoms with Crippen LogP contribution in [0.5, 0.6) is 11.5 Å². The first-order valence-electron chi connectivity index (χ1n) is 7.39. The third-order valence-electron chi connectivity index (χ3n) is 3.54. The molecule has 3 nitrogen and oxygen atoms in total. The molecule has 0 bridgehead atoms. The molecule has 1 aliphatic heterocycles. The Labute approximate surface area is 115 Å². The minimum atomic E-state index is -0.446. The number of aliphatic hydroxyl groups is 1. The Balaban J connectivity index is 1.90. The van der Waals surface area contributed by atoms with Crippen molar-refractivity contribution in [3.8, 4) is 11.5 Å². The Kier molecular flexibility index (Phi) is 5.52. The zero-order valence-corrected chi connectivity index (χ0v) is 11.7. The minimum absolute atomic E-state index is 0.446. The van der Waals surface area contributed by atoms with Gasteiger partial charge < -0.3 is 14.6 Å². The van der Waals surface area contributed by atoms with Crippen molar-refractivity contribution in [1.82, 2.24) is 0 Å². The summed E-state index contributed by atoms with van der Waals surface area (Å²) in [5.41, 5.74) is 0.868. The van der Waals surface area contributed by atoms with Gasteiger partial charge in [-0.05, 0) is 12.5 Å². The van der Waals surface area contributed by atoms with E-state index in [1.54, 1.807) is 0 Å². The minimum Gasteiger partial charge on any atom is -0.486 e. The van der Waals surface area contributed by atoms with E-state index in [0.29, 0.717) is 13.2 Å². The molecule has 1 aromatic rings. The Hall–Kier alpha value is -1.22. The lowest BCUT2D eigenvalue weighted by molar-refractivity contribution is 0.139. The predicted molar refractivity (Wildman–Crippen MR) is 75.8 cm³/mol. The molecule has 1 aliphatic rings. The van der Waals surface area contributed by atoms with Crippen LogP contribution in [-0.4, -0.2) is 18.3 Å². The first-order valence-corrected chi connectivity index (χ1v) is 7.39. The van der Waals surface area contributed by atoms with Gasteiger partial charge >= 0.3 is 0 Å². The van der Waals surface area contributed by atoms with E-state index in [1.165, 1.54) is 25.7 Å². The van der Waals surface area contributed by atoms with E-state index in [9.17, 15) is 5.11 Å². The maximum Gasteiger partial charge on any atom is 0.167 e. The van der Waals surface area contributed by atoms with Gasteiger partial charge in [0.25, 0.3) is 0 Å². The number of para-hydroxylation sites is 1. The molecule has 0 fully saturated rings. The molecular formula is C16H24O3. The topological polar surface area (TPSA) is 38.7 Å². The first kappa shape index (κ1) is 14.2. The zero-order valence-electron chi connectivity index (χ0n) is 11.7. The van der Waals surface area contributed by atoms with E-state index in [4.69, 9.17) is 9.47 Å². The summed E-state index contributed by atoms with van der Waals surface area (Å²) < 4.78 is 11.2. The molecule has 1 heterocycles. The van der Waals surface area contributed by atoms with Crippen LogP contribution in [-0.2, 0) is 0 Å². The molecule has 0 spiro atoms. The zero-order chi connectivity index (χ0) is 13.5. The number of aliphatic hydroxyl groups excluding tert-OH is 1. The maximum absolute atomic E-state index is 10.3. The normalized spacial score (nSPS) is 15.3. The number of ether oxygens (including phenoxy) is 2. The van der Waals surface area contributed by atoms with Crippen LogP contribution in [0.4, 0.5) is 0 Å². The molecule has 1 atom stereocenters. The largest absolute Gasteiger partial charge is 0.486 e. The highest BCUT2D eigenvalue weighted by Gasteiger charge is 2.20. The molecule has 3 heteroatoms. The molecule has 0 saturated carbocycles. The molecule has 0 saturated heterocycles. The summed E-state index contributed by atoms with van der Waals surface area (Å²) in [4.78, 5) is 0. The van der Waals surface area contributed by atoms with Gasteiger partial charge in [-0.15, -0.1) is 0 Å². The van der Waals surface area contributed by atoms with Crippen LogP contribution in [0.15, 0.2) is 18.2 Å². The second-order valence-corrected chi connectivity index (χ2v) is 5.09. The van der Waals surface area contributed by atoms with Crippen LogP contribution >= 0.6 is 0 Å². The van der Waals surface area contributed by atoms with Gasteiger partial charge in [-0.1, -0.05) is 51.2 Å². The molecule has 0 aliphatic carbocycles. The summed E-state index contributed by atoms with van der Waals surface area (Å²) in [5.74, 6) is 1.49. The monoisotopic (exact) mass is 264 g/mol. The van der Waals surface area contributed by atoms with Crippen molar-refractivity contribution in [2.75, 3.05) is 13.2 Å². The highest BCUT2D eigenvalue weighted by molar-refractivity contribution is 5.48. The van der Waals surface area contributed by atoms with Gasteiger partial charge in [-0.2, -0.15) is 0 Å². The molecule has 1 N–H and O–H groups in total. The number of hydrogen-bond donors (Lipinski definition) is 1. The average Bonchev–Trinajstić information content (AvgIpc) is 2.46. The lowest BCUT2D eigenvalue weighted by Crippen LogP contribution is -2.17. The van der Waals surface area contributed by atoms with Gasteiger partial charge in [0.2, 0.25) is 0 Å². The SMILES string of the molecule is CCCCCCCC(O)c1cccc2c1OCCO2. The maximum atomic E-state index is 10.3. The smallest absolute Gasteiger partial charge is 0.167 e. The third-order valence-corrected chi connectivity index (χ3v) is 3.54. The van der Waals surface area contributed by atoms with Crippen molar-refractivity contribution in [2.24, 2.45) is 0 Å². The molecule has 0 aromatic heterocycles. The number of unbranched alkanes of at least 4 members (excludes halogenated alkanes) is 4. The summed E-state index contributed by atoms with van der Waals surface area (Å²) in [6, 6.07) is 5.75. The summed E-state index contributed by atoms with van der Waals surface area (Å²) in [6.45, 7) is 3.36. The fraction of sp³-hybridized carbons (Fsp3) is 0.625. The van der Waals surface area contributed by atoms with Crippen molar-refractivity contribution >= 4 is 0 Å². The molecule has 1 unspecified atom stereocenters. The molecular weight excluding hydrogens is 240 g/mol. The second kappa shape index (κ2) is 7.39. The van der Waals surface area contributed by atoms with Crippen LogP contribution in [0, 0.1) is 0 Å². The average molecular weight is 264 g/mol. The Morgan fingerprint density at radius 1 is 1.11 bits per heavy atom. The lowest BCUT2D eigenvalue weighted by Gasteiger charge is -2.23. The standard InChI is InChI=1S/C16H24O3/c1-2-3-4-5-6-9-14(17)13-8-7-10-15-16(13)19-12-11-18-15/h7-8,10,14,17H,2-6,9,11-12H2,1H3. The summed E-state index contributed by atoms with van der Waals surface area (Å²) >= 11 is 0. The van der Waals surface area contributed by atoms with Crippen LogP contribution in [0.2, 0.25) is 0 Å². The highest BCUT2D eigenvalue weighted by atomic mass is 16.6. The van der Waals surface area contributed by atoms with Crippen molar-refractivity contribution in [3.05, 3.63) is 23.8 Å². The first-order chi connectivity index (χ1) is 9.33. The van der Waals surface area contributed by atoms with Crippen LogP contribution in [0.3, 0.4) is 0 Å². The van der Waals surface area contributed by atoms with Gasteiger partial charge in [0.05, 0.1) is 6.10 Å². The quantitative estimate of drug-likeness (QED) is 0.760. The number of fused-ring (bicyclic) bond motifs is 1. The molecule has 0 amide bonds. The molecule has 1 aromatic carbocycles. The van der Waals surface area contributed by atoms with E-state index in [1.807, 2.05) is 18.2 Å². The van der Waals surface area contributed by atoms with Gasteiger partial charge in [-0.25, -0.2) is 0 Å². The summed E-state index contributed by atoms with van der Waals surface area (Å²) in [7, 11) is 0.